The number of thiazole rings is 1. The number of hydrogen-bond donors (Lipinski definition) is 1. The highest BCUT2D eigenvalue weighted by atomic mass is 32.1. The van der Waals surface area contributed by atoms with Gasteiger partial charge in [0.1, 0.15) is 0 Å². The smallest absolute Gasteiger partial charge is 0.242 e. The summed E-state index contributed by atoms with van der Waals surface area (Å²) in [5.74, 6) is 0.0202. The second-order valence-electron chi connectivity index (χ2n) is 4.69. The summed E-state index contributed by atoms with van der Waals surface area (Å²) in [7, 11) is 0. The maximum atomic E-state index is 12.5. The maximum Gasteiger partial charge on any atom is 0.242 e. The highest BCUT2D eigenvalue weighted by Crippen LogP contribution is 2.28. The molecule has 1 amide bonds. The first kappa shape index (κ1) is 15.9. The molecule has 114 valence electrons. The highest BCUT2D eigenvalue weighted by Gasteiger charge is 2.19. The Hall–Kier alpha value is -1.50. The number of carbonyl (C=O) groups is 1. The van der Waals surface area contributed by atoms with E-state index in [9.17, 15) is 4.79 Å². The molecule has 1 N–H and O–H groups in total. The van der Waals surface area contributed by atoms with Crippen LogP contribution in [0, 0.1) is 0 Å². The van der Waals surface area contributed by atoms with Crippen LogP contribution in [-0.2, 0) is 4.79 Å². The number of nitrogens with zero attached hydrogens (tertiary/aromatic N) is 3. The largest absolute Gasteiger partial charge is 0.395 e. The van der Waals surface area contributed by atoms with Crippen LogP contribution in [-0.4, -0.2) is 53.7 Å². The van der Waals surface area contributed by atoms with Crippen LogP contribution in [0.15, 0.2) is 24.3 Å². The molecule has 6 heteroatoms. The zero-order valence-corrected chi connectivity index (χ0v) is 13.3. The average Bonchev–Trinajstić information content (AvgIpc) is 2.90. The number of aliphatic hydroxyl groups excluding tert-OH is 1. The van der Waals surface area contributed by atoms with Gasteiger partial charge in [0.05, 0.1) is 23.4 Å². The van der Waals surface area contributed by atoms with Crippen LogP contribution in [0.5, 0.6) is 0 Å². The van der Waals surface area contributed by atoms with Gasteiger partial charge in [-0.15, -0.1) is 0 Å². The standard InChI is InChI=1S/C15H21N3O2S/c1-3-17(9-10-19)11-14(20)18(4-2)15-16-12-7-5-6-8-13(12)21-15/h5-8,19H,3-4,9-11H2,1-2H3. The van der Waals surface area contributed by atoms with E-state index in [4.69, 9.17) is 5.11 Å². The Labute approximate surface area is 128 Å². The summed E-state index contributed by atoms with van der Waals surface area (Å²) in [6.45, 7) is 6.15. The molecule has 0 aliphatic heterocycles. The third-order valence-electron chi connectivity index (χ3n) is 3.35. The monoisotopic (exact) mass is 307 g/mol. The molecular weight excluding hydrogens is 286 g/mol. The summed E-state index contributed by atoms with van der Waals surface area (Å²) >= 11 is 1.53. The minimum atomic E-state index is 0.0202. The lowest BCUT2D eigenvalue weighted by Gasteiger charge is -2.23. The zero-order valence-electron chi connectivity index (χ0n) is 12.5. The topological polar surface area (TPSA) is 56.7 Å². The molecule has 0 aliphatic rings. The lowest BCUT2D eigenvalue weighted by atomic mass is 10.3. The predicted molar refractivity (Wildman–Crippen MR) is 86.8 cm³/mol. The van der Waals surface area contributed by atoms with Crippen molar-refractivity contribution in [1.82, 2.24) is 9.88 Å². The van der Waals surface area contributed by atoms with Gasteiger partial charge in [0.2, 0.25) is 5.91 Å². The van der Waals surface area contributed by atoms with E-state index in [1.54, 1.807) is 4.90 Å². The number of fused-ring (bicyclic) bond motifs is 1. The third kappa shape index (κ3) is 3.78. The minimum absolute atomic E-state index is 0.0202. The summed E-state index contributed by atoms with van der Waals surface area (Å²) in [4.78, 5) is 20.6. The van der Waals surface area contributed by atoms with Gasteiger partial charge in [-0.3, -0.25) is 14.6 Å². The van der Waals surface area contributed by atoms with Crippen LogP contribution >= 0.6 is 11.3 Å². The van der Waals surface area contributed by atoms with E-state index in [0.29, 0.717) is 19.6 Å². The number of anilines is 1. The maximum absolute atomic E-state index is 12.5. The average molecular weight is 307 g/mol. The van der Waals surface area contributed by atoms with Crippen LogP contribution in [0.1, 0.15) is 13.8 Å². The van der Waals surface area contributed by atoms with Crippen molar-refractivity contribution in [3.63, 3.8) is 0 Å². The molecule has 0 saturated heterocycles. The fraction of sp³-hybridized carbons (Fsp3) is 0.467. The number of benzene rings is 1. The molecule has 0 spiro atoms. The lowest BCUT2D eigenvalue weighted by Crippen LogP contribution is -2.41. The molecule has 1 heterocycles. The Morgan fingerprint density at radius 3 is 2.67 bits per heavy atom. The Kier molecular flexibility index (Phi) is 5.67. The Morgan fingerprint density at radius 1 is 1.29 bits per heavy atom. The molecule has 0 atom stereocenters. The highest BCUT2D eigenvalue weighted by molar-refractivity contribution is 7.22. The van der Waals surface area contributed by atoms with Crippen LogP contribution in [0.2, 0.25) is 0 Å². The first-order chi connectivity index (χ1) is 10.2. The summed E-state index contributed by atoms with van der Waals surface area (Å²) in [6.07, 6.45) is 0. The molecule has 1 aromatic heterocycles. The number of para-hydroxylation sites is 1. The fourth-order valence-corrected chi connectivity index (χ4v) is 3.21. The van der Waals surface area contributed by atoms with E-state index in [1.165, 1.54) is 11.3 Å². The van der Waals surface area contributed by atoms with Gasteiger partial charge in [-0.2, -0.15) is 0 Å². The molecule has 2 aromatic rings. The van der Waals surface area contributed by atoms with Crippen molar-refractivity contribution in [2.45, 2.75) is 13.8 Å². The van der Waals surface area contributed by atoms with Gasteiger partial charge in [-0.1, -0.05) is 30.4 Å². The zero-order chi connectivity index (χ0) is 15.2. The van der Waals surface area contributed by atoms with Crippen LogP contribution in [0.25, 0.3) is 10.2 Å². The van der Waals surface area contributed by atoms with E-state index in [2.05, 4.69) is 4.98 Å². The number of rotatable bonds is 7. The second kappa shape index (κ2) is 7.49. The van der Waals surface area contributed by atoms with E-state index in [0.717, 1.165) is 21.9 Å². The number of aromatic nitrogens is 1. The summed E-state index contributed by atoms with van der Waals surface area (Å²) in [6, 6.07) is 7.89. The number of aliphatic hydroxyl groups is 1. The van der Waals surface area contributed by atoms with Crippen LogP contribution in [0.3, 0.4) is 0 Å². The van der Waals surface area contributed by atoms with Gasteiger partial charge in [0.25, 0.3) is 0 Å². The minimum Gasteiger partial charge on any atom is -0.395 e. The fourth-order valence-electron chi connectivity index (χ4n) is 2.16. The van der Waals surface area contributed by atoms with Gasteiger partial charge >= 0.3 is 0 Å². The molecule has 0 unspecified atom stereocenters. The van der Waals surface area contributed by atoms with Crippen molar-refractivity contribution in [3.05, 3.63) is 24.3 Å². The van der Waals surface area contributed by atoms with Crippen molar-refractivity contribution in [3.8, 4) is 0 Å². The van der Waals surface area contributed by atoms with Gasteiger partial charge in [0, 0.05) is 13.1 Å². The van der Waals surface area contributed by atoms with Gasteiger partial charge in [0.15, 0.2) is 5.13 Å². The lowest BCUT2D eigenvalue weighted by molar-refractivity contribution is -0.119. The Balaban J connectivity index is 2.16. The molecule has 0 aliphatic carbocycles. The molecule has 21 heavy (non-hydrogen) atoms. The van der Waals surface area contributed by atoms with E-state index in [-0.39, 0.29) is 12.5 Å². The molecule has 0 radical (unpaired) electrons. The molecule has 2 rings (SSSR count). The quantitative estimate of drug-likeness (QED) is 0.849. The molecular formula is C15H21N3O2S. The van der Waals surface area contributed by atoms with E-state index < -0.39 is 0 Å². The SMILES string of the molecule is CCN(CCO)CC(=O)N(CC)c1nc2ccccc2s1. The number of amides is 1. The summed E-state index contributed by atoms with van der Waals surface area (Å²) in [5.41, 5.74) is 0.923. The summed E-state index contributed by atoms with van der Waals surface area (Å²) in [5, 5.41) is 9.75. The third-order valence-corrected chi connectivity index (χ3v) is 4.41. The first-order valence-electron chi connectivity index (χ1n) is 7.18. The molecule has 0 bridgehead atoms. The van der Waals surface area contributed by atoms with Crippen LogP contribution < -0.4 is 4.90 Å². The predicted octanol–water partition coefficient (Wildman–Crippen LogP) is 1.96. The van der Waals surface area contributed by atoms with Crippen molar-refractivity contribution in [2.24, 2.45) is 0 Å². The van der Waals surface area contributed by atoms with Crippen molar-refractivity contribution >= 4 is 32.6 Å². The van der Waals surface area contributed by atoms with Crippen molar-refractivity contribution in [2.75, 3.05) is 37.7 Å². The first-order valence-corrected chi connectivity index (χ1v) is 8.00. The van der Waals surface area contributed by atoms with Gasteiger partial charge < -0.3 is 5.11 Å². The van der Waals surface area contributed by atoms with Crippen molar-refractivity contribution in [1.29, 1.82) is 0 Å². The normalized spacial score (nSPS) is 11.2. The Bertz CT molecular complexity index is 566. The molecule has 0 fully saturated rings. The van der Waals surface area contributed by atoms with E-state index in [1.807, 2.05) is 43.0 Å². The number of likely N-dealkylation sites (N-methyl/N-ethyl adjacent to an activating group) is 2. The van der Waals surface area contributed by atoms with Gasteiger partial charge in [-0.05, 0) is 25.6 Å². The second-order valence-corrected chi connectivity index (χ2v) is 5.70. The molecule has 1 aromatic carbocycles. The van der Waals surface area contributed by atoms with E-state index >= 15 is 0 Å². The molecule has 0 saturated carbocycles. The van der Waals surface area contributed by atoms with Gasteiger partial charge in [-0.25, -0.2) is 4.98 Å². The summed E-state index contributed by atoms with van der Waals surface area (Å²) < 4.78 is 1.08. The number of hydrogen-bond acceptors (Lipinski definition) is 5. The number of carbonyl (C=O) groups excluding carboxylic acids is 1. The molecule has 5 nitrogen and oxygen atoms in total. The van der Waals surface area contributed by atoms with Crippen LogP contribution in [0.4, 0.5) is 5.13 Å². The Morgan fingerprint density at radius 2 is 2.05 bits per heavy atom. The van der Waals surface area contributed by atoms with Crippen molar-refractivity contribution < 1.29 is 9.90 Å².